The normalized spacial score (nSPS) is 14.5. The van der Waals surface area contributed by atoms with Gasteiger partial charge in [-0.05, 0) is 37.5 Å². The molecule has 1 aromatic rings. The highest BCUT2D eigenvalue weighted by Gasteiger charge is 2.11. The SMILES string of the molecule is CCCCC(CCC)NC(C)c1ccncc1. The lowest BCUT2D eigenvalue weighted by molar-refractivity contribution is 0.396. The first-order chi connectivity index (χ1) is 8.27. The van der Waals surface area contributed by atoms with Crippen LogP contribution in [0.15, 0.2) is 24.5 Å². The van der Waals surface area contributed by atoms with Gasteiger partial charge in [-0.2, -0.15) is 0 Å². The van der Waals surface area contributed by atoms with Crippen molar-refractivity contribution < 1.29 is 0 Å². The van der Waals surface area contributed by atoms with Crippen LogP contribution in [-0.2, 0) is 0 Å². The molecule has 0 fully saturated rings. The van der Waals surface area contributed by atoms with Crippen molar-refractivity contribution in [2.24, 2.45) is 0 Å². The van der Waals surface area contributed by atoms with Gasteiger partial charge in [0.15, 0.2) is 0 Å². The Morgan fingerprint density at radius 3 is 2.41 bits per heavy atom. The molecule has 1 rings (SSSR count). The van der Waals surface area contributed by atoms with E-state index in [2.05, 4.69) is 43.2 Å². The number of aromatic nitrogens is 1. The van der Waals surface area contributed by atoms with Crippen molar-refractivity contribution in [3.05, 3.63) is 30.1 Å². The average Bonchev–Trinajstić information content (AvgIpc) is 2.37. The summed E-state index contributed by atoms with van der Waals surface area (Å²) >= 11 is 0. The molecule has 0 aliphatic carbocycles. The predicted octanol–water partition coefficient (Wildman–Crippen LogP) is 4.09. The van der Waals surface area contributed by atoms with E-state index in [0.717, 1.165) is 0 Å². The van der Waals surface area contributed by atoms with Crippen LogP contribution in [0.5, 0.6) is 0 Å². The molecule has 1 N–H and O–H groups in total. The Morgan fingerprint density at radius 2 is 1.82 bits per heavy atom. The van der Waals surface area contributed by atoms with Gasteiger partial charge >= 0.3 is 0 Å². The Balaban J connectivity index is 2.48. The molecule has 1 heterocycles. The summed E-state index contributed by atoms with van der Waals surface area (Å²) in [6.07, 6.45) is 10.2. The van der Waals surface area contributed by atoms with Crippen molar-refractivity contribution >= 4 is 0 Å². The van der Waals surface area contributed by atoms with Gasteiger partial charge < -0.3 is 5.32 Å². The van der Waals surface area contributed by atoms with E-state index in [1.54, 1.807) is 0 Å². The van der Waals surface area contributed by atoms with Crippen molar-refractivity contribution in [2.75, 3.05) is 0 Å². The van der Waals surface area contributed by atoms with Crippen molar-refractivity contribution in [2.45, 2.75) is 65.0 Å². The minimum absolute atomic E-state index is 0.423. The van der Waals surface area contributed by atoms with Crippen LogP contribution in [0.2, 0.25) is 0 Å². The third kappa shape index (κ3) is 5.31. The van der Waals surface area contributed by atoms with Crippen LogP contribution in [0, 0.1) is 0 Å². The predicted molar refractivity (Wildman–Crippen MR) is 74.0 cm³/mol. The number of nitrogens with zero attached hydrogens (tertiary/aromatic N) is 1. The molecule has 17 heavy (non-hydrogen) atoms. The zero-order valence-electron chi connectivity index (χ0n) is 11.4. The fraction of sp³-hybridized carbons (Fsp3) is 0.667. The lowest BCUT2D eigenvalue weighted by atomic mass is 10.0. The van der Waals surface area contributed by atoms with Crippen LogP contribution >= 0.6 is 0 Å². The molecule has 0 saturated carbocycles. The standard InChI is InChI=1S/C15H26N2/c1-4-6-8-15(7-5-2)17-13(3)14-9-11-16-12-10-14/h9-13,15,17H,4-8H2,1-3H3. The van der Waals surface area contributed by atoms with E-state index in [1.165, 1.54) is 37.7 Å². The number of hydrogen-bond donors (Lipinski definition) is 1. The Hall–Kier alpha value is -0.890. The van der Waals surface area contributed by atoms with Crippen molar-refractivity contribution in [1.29, 1.82) is 0 Å². The maximum atomic E-state index is 4.07. The second-order valence-corrected chi connectivity index (χ2v) is 4.80. The molecule has 0 aliphatic rings. The summed E-state index contributed by atoms with van der Waals surface area (Å²) in [5.74, 6) is 0. The largest absolute Gasteiger partial charge is 0.307 e. The molecule has 2 heteroatoms. The van der Waals surface area contributed by atoms with E-state index < -0.39 is 0 Å². The van der Waals surface area contributed by atoms with Crippen LogP contribution in [0.25, 0.3) is 0 Å². The van der Waals surface area contributed by atoms with E-state index in [9.17, 15) is 0 Å². The number of pyridine rings is 1. The van der Waals surface area contributed by atoms with E-state index in [0.29, 0.717) is 12.1 Å². The van der Waals surface area contributed by atoms with E-state index in [-0.39, 0.29) is 0 Å². The molecule has 96 valence electrons. The monoisotopic (exact) mass is 234 g/mol. The molecule has 0 bridgehead atoms. The van der Waals surface area contributed by atoms with Crippen LogP contribution in [-0.4, -0.2) is 11.0 Å². The summed E-state index contributed by atoms with van der Waals surface area (Å²) in [5, 5.41) is 3.74. The highest BCUT2D eigenvalue weighted by Crippen LogP contribution is 2.15. The van der Waals surface area contributed by atoms with Crippen LogP contribution in [0.4, 0.5) is 0 Å². The first kappa shape index (κ1) is 14.2. The smallest absolute Gasteiger partial charge is 0.0295 e. The summed E-state index contributed by atoms with van der Waals surface area (Å²) in [4.78, 5) is 4.07. The van der Waals surface area contributed by atoms with Gasteiger partial charge in [-0.3, -0.25) is 4.98 Å². The molecule has 0 radical (unpaired) electrons. The zero-order chi connectivity index (χ0) is 12.5. The highest BCUT2D eigenvalue weighted by molar-refractivity contribution is 5.14. The molecule has 1 aromatic heterocycles. The van der Waals surface area contributed by atoms with Crippen molar-refractivity contribution in [3.8, 4) is 0 Å². The molecular formula is C15H26N2. The molecule has 2 nitrogen and oxygen atoms in total. The maximum absolute atomic E-state index is 4.07. The van der Waals surface area contributed by atoms with Crippen LogP contribution < -0.4 is 5.32 Å². The van der Waals surface area contributed by atoms with Gasteiger partial charge in [0.2, 0.25) is 0 Å². The van der Waals surface area contributed by atoms with Gasteiger partial charge in [-0.25, -0.2) is 0 Å². The van der Waals surface area contributed by atoms with Crippen molar-refractivity contribution in [3.63, 3.8) is 0 Å². The fourth-order valence-electron chi connectivity index (χ4n) is 2.21. The summed E-state index contributed by atoms with van der Waals surface area (Å²) in [5.41, 5.74) is 1.33. The van der Waals surface area contributed by atoms with Gasteiger partial charge in [0.1, 0.15) is 0 Å². The number of unbranched alkanes of at least 4 members (excludes halogenated alkanes) is 1. The van der Waals surface area contributed by atoms with Gasteiger partial charge in [-0.1, -0.05) is 33.1 Å². The quantitative estimate of drug-likeness (QED) is 0.732. The highest BCUT2D eigenvalue weighted by atomic mass is 14.9. The van der Waals surface area contributed by atoms with Crippen LogP contribution in [0.1, 0.15) is 64.5 Å². The Labute approximate surface area is 106 Å². The van der Waals surface area contributed by atoms with Gasteiger partial charge in [0, 0.05) is 24.5 Å². The topological polar surface area (TPSA) is 24.9 Å². The Morgan fingerprint density at radius 1 is 1.12 bits per heavy atom. The Bertz CT molecular complexity index is 284. The average molecular weight is 234 g/mol. The zero-order valence-corrected chi connectivity index (χ0v) is 11.4. The van der Waals surface area contributed by atoms with E-state index >= 15 is 0 Å². The van der Waals surface area contributed by atoms with E-state index in [1.807, 2.05) is 12.4 Å². The third-order valence-corrected chi connectivity index (χ3v) is 3.24. The molecular weight excluding hydrogens is 208 g/mol. The van der Waals surface area contributed by atoms with Gasteiger partial charge in [0.05, 0.1) is 0 Å². The molecule has 0 amide bonds. The number of nitrogens with one attached hydrogen (secondary N) is 1. The van der Waals surface area contributed by atoms with Crippen LogP contribution in [0.3, 0.4) is 0 Å². The molecule has 0 saturated heterocycles. The maximum Gasteiger partial charge on any atom is 0.0295 e. The van der Waals surface area contributed by atoms with Crippen molar-refractivity contribution in [1.82, 2.24) is 10.3 Å². The molecule has 0 spiro atoms. The second-order valence-electron chi connectivity index (χ2n) is 4.80. The second kappa shape index (κ2) is 8.24. The minimum atomic E-state index is 0.423. The minimum Gasteiger partial charge on any atom is -0.307 e. The summed E-state index contributed by atoms with van der Waals surface area (Å²) in [6.45, 7) is 6.76. The van der Waals surface area contributed by atoms with Gasteiger partial charge in [-0.15, -0.1) is 0 Å². The molecule has 2 unspecified atom stereocenters. The summed E-state index contributed by atoms with van der Waals surface area (Å²) in [7, 11) is 0. The van der Waals surface area contributed by atoms with E-state index in [4.69, 9.17) is 0 Å². The summed E-state index contributed by atoms with van der Waals surface area (Å²) < 4.78 is 0. The first-order valence-corrected chi connectivity index (χ1v) is 6.93. The number of hydrogen-bond acceptors (Lipinski definition) is 2. The fourth-order valence-corrected chi connectivity index (χ4v) is 2.21. The third-order valence-electron chi connectivity index (χ3n) is 3.24. The molecule has 0 aromatic carbocycles. The van der Waals surface area contributed by atoms with Gasteiger partial charge in [0.25, 0.3) is 0 Å². The first-order valence-electron chi connectivity index (χ1n) is 6.93. The lowest BCUT2D eigenvalue weighted by Gasteiger charge is -2.23. The molecule has 0 aliphatic heterocycles. The molecule has 2 atom stereocenters. The Kier molecular flexibility index (Phi) is 6.87. The number of rotatable bonds is 8. The summed E-state index contributed by atoms with van der Waals surface area (Å²) in [6, 6.07) is 5.27. The lowest BCUT2D eigenvalue weighted by Crippen LogP contribution is -2.31.